The van der Waals surface area contributed by atoms with Crippen molar-refractivity contribution in [3.63, 3.8) is 0 Å². The summed E-state index contributed by atoms with van der Waals surface area (Å²) in [7, 11) is 1.93. The highest BCUT2D eigenvalue weighted by molar-refractivity contribution is 7.16. The van der Waals surface area contributed by atoms with Gasteiger partial charge in [-0.25, -0.2) is 0 Å². The predicted octanol–water partition coefficient (Wildman–Crippen LogP) is 4.67. The first kappa shape index (κ1) is 12.9. The maximum atomic E-state index is 6.36. The van der Waals surface area contributed by atoms with Crippen molar-refractivity contribution in [2.24, 2.45) is 0 Å². The van der Waals surface area contributed by atoms with Gasteiger partial charge in [0.1, 0.15) is 0 Å². The van der Waals surface area contributed by atoms with E-state index in [0.29, 0.717) is 0 Å². The topological polar surface area (TPSA) is 12.0 Å². The molecule has 1 heterocycles. The van der Waals surface area contributed by atoms with Crippen LogP contribution in [0, 0.1) is 6.92 Å². The van der Waals surface area contributed by atoms with E-state index in [1.807, 2.05) is 44.3 Å². The summed E-state index contributed by atoms with van der Waals surface area (Å²) in [6, 6.07) is 10.1. The van der Waals surface area contributed by atoms with Gasteiger partial charge in [0.2, 0.25) is 0 Å². The summed E-state index contributed by atoms with van der Waals surface area (Å²) >= 11 is 13.9. The van der Waals surface area contributed by atoms with Crippen LogP contribution in [0.25, 0.3) is 0 Å². The van der Waals surface area contributed by atoms with Crippen LogP contribution in [0.3, 0.4) is 0 Å². The van der Waals surface area contributed by atoms with Crippen molar-refractivity contribution in [3.8, 4) is 0 Å². The van der Waals surface area contributed by atoms with Crippen molar-refractivity contribution in [3.05, 3.63) is 55.7 Å². The van der Waals surface area contributed by atoms with Gasteiger partial charge in [0, 0.05) is 9.90 Å². The van der Waals surface area contributed by atoms with E-state index in [4.69, 9.17) is 23.2 Å². The third-order valence-corrected chi connectivity index (χ3v) is 4.51. The molecule has 0 aliphatic heterocycles. The fourth-order valence-electron chi connectivity index (χ4n) is 1.83. The Labute approximate surface area is 115 Å². The van der Waals surface area contributed by atoms with Crippen LogP contribution in [0.15, 0.2) is 30.3 Å². The van der Waals surface area contributed by atoms with E-state index in [9.17, 15) is 0 Å². The molecule has 2 aromatic rings. The Morgan fingerprint density at radius 1 is 1.18 bits per heavy atom. The molecule has 1 unspecified atom stereocenters. The van der Waals surface area contributed by atoms with Crippen LogP contribution in [0.4, 0.5) is 0 Å². The minimum Gasteiger partial charge on any atom is -0.309 e. The van der Waals surface area contributed by atoms with Crippen LogP contribution < -0.4 is 5.32 Å². The maximum absolute atomic E-state index is 6.36. The number of hydrogen-bond acceptors (Lipinski definition) is 2. The first-order valence-electron chi connectivity index (χ1n) is 5.31. The molecule has 0 aliphatic carbocycles. The van der Waals surface area contributed by atoms with E-state index >= 15 is 0 Å². The van der Waals surface area contributed by atoms with Gasteiger partial charge in [-0.15, -0.1) is 11.3 Å². The Morgan fingerprint density at radius 3 is 2.53 bits per heavy atom. The van der Waals surface area contributed by atoms with E-state index in [0.717, 1.165) is 20.5 Å². The molecule has 1 atom stereocenters. The summed E-state index contributed by atoms with van der Waals surface area (Å²) in [5, 5.41) is 4.10. The van der Waals surface area contributed by atoms with Crippen molar-refractivity contribution in [2.45, 2.75) is 13.0 Å². The largest absolute Gasteiger partial charge is 0.309 e. The summed E-state index contributed by atoms with van der Waals surface area (Å²) < 4.78 is 0.795. The van der Waals surface area contributed by atoms with Gasteiger partial charge in [0.25, 0.3) is 0 Å². The second-order valence-corrected chi connectivity index (χ2v) is 5.97. The van der Waals surface area contributed by atoms with Gasteiger partial charge in [0.15, 0.2) is 0 Å². The quantitative estimate of drug-likeness (QED) is 0.864. The third kappa shape index (κ3) is 2.66. The fourth-order valence-corrected chi connectivity index (χ4v) is 3.25. The monoisotopic (exact) mass is 285 g/mol. The molecule has 17 heavy (non-hydrogen) atoms. The van der Waals surface area contributed by atoms with E-state index in [1.165, 1.54) is 4.88 Å². The summed E-state index contributed by atoms with van der Waals surface area (Å²) in [4.78, 5) is 1.17. The van der Waals surface area contributed by atoms with E-state index in [1.54, 1.807) is 11.3 Å². The van der Waals surface area contributed by atoms with Crippen LogP contribution in [0.5, 0.6) is 0 Å². The lowest BCUT2D eigenvalue weighted by molar-refractivity contribution is 0.703. The Balaban J connectivity index is 2.45. The number of thiophene rings is 1. The second-order valence-electron chi connectivity index (χ2n) is 3.84. The minimum absolute atomic E-state index is 0.0971. The van der Waals surface area contributed by atoms with Gasteiger partial charge in [0.05, 0.1) is 10.4 Å². The van der Waals surface area contributed by atoms with Gasteiger partial charge in [-0.3, -0.25) is 0 Å². The molecule has 90 valence electrons. The summed E-state index contributed by atoms with van der Waals surface area (Å²) in [5.41, 5.74) is 2.18. The zero-order valence-electron chi connectivity index (χ0n) is 9.63. The van der Waals surface area contributed by atoms with Crippen molar-refractivity contribution in [1.29, 1.82) is 0 Å². The Kier molecular flexibility index (Phi) is 4.10. The first-order chi connectivity index (χ1) is 8.13. The normalized spacial score (nSPS) is 12.7. The highest BCUT2D eigenvalue weighted by Crippen LogP contribution is 2.34. The Morgan fingerprint density at radius 2 is 1.94 bits per heavy atom. The van der Waals surface area contributed by atoms with Gasteiger partial charge >= 0.3 is 0 Å². The number of rotatable bonds is 3. The molecular formula is C13H13Cl2NS. The lowest BCUT2D eigenvalue weighted by Crippen LogP contribution is -2.17. The predicted molar refractivity (Wildman–Crippen MR) is 76.4 cm³/mol. The van der Waals surface area contributed by atoms with Crippen molar-refractivity contribution >= 4 is 34.5 Å². The van der Waals surface area contributed by atoms with Crippen LogP contribution in [0.2, 0.25) is 9.36 Å². The van der Waals surface area contributed by atoms with E-state index in [-0.39, 0.29) is 6.04 Å². The number of hydrogen-bond donors (Lipinski definition) is 1. The van der Waals surface area contributed by atoms with Gasteiger partial charge in [-0.1, -0.05) is 41.4 Å². The van der Waals surface area contributed by atoms with Gasteiger partial charge < -0.3 is 5.32 Å². The molecule has 1 nitrogen and oxygen atoms in total. The fraction of sp³-hybridized carbons (Fsp3) is 0.231. The molecule has 0 radical (unpaired) electrons. The van der Waals surface area contributed by atoms with Gasteiger partial charge in [-0.2, -0.15) is 0 Å². The summed E-state index contributed by atoms with van der Waals surface area (Å²) in [6.45, 7) is 2.01. The number of benzene rings is 1. The number of aryl methyl sites for hydroxylation is 1. The maximum Gasteiger partial charge on any atom is 0.0931 e. The molecule has 0 saturated carbocycles. The zero-order valence-corrected chi connectivity index (χ0v) is 12.0. The van der Waals surface area contributed by atoms with Crippen molar-refractivity contribution in [2.75, 3.05) is 7.05 Å². The smallest absolute Gasteiger partial charge is 0.0931 e. The van der Waals surface area contributed by atoms with Gasteiger partial charge in [-0.05, 0) is 37.2 Å². The molecule has 1 N–H and O–H groups in total. The van der Waals surface area contributed by atoms with Crippen LogP contribution in [-0.2, 0) is 0 Å². The van der Waals surface area contributed by atoms with Crippen LogP contribution in [0.1, 0.15) is 22.0 Å². The minimum atomic E-state index is 0.0971. The number of halogens is 2. The molecule has 1 aromatic heterocycles. The average molecular weight is 286 g/mol. The average Bonchev–Trinajstić information content (AvgIpc) is 2.72. The molecule has 1 aromatic carbocycles. The van der Waals surface area contributed by atoms with Crippen LogP contribution >= 0.6 is 34.5 Å². The molecular weight excluding hydrogens is 273 g/mol. The van der Waals surface area contributed by atoms with E-state index < -0.39 is 0 Å². The highest BCUT2D eigenvalue weighted by Gasteiger charge is 2.17. The highest BCUT2D eigenvalue weighted by atomic mass is 35.5. The Hall–Kier alpha value is -0.540. The first-order valence-corrected chi connectivity index (χ1v) is 6.88. The molecule has 0 bridgehead atoms. The lowest BCUT2D eigenvalue weighted by atomic mass is 10.0. The summed E-state index contributed by atoms with van der Waals surface area (Å²) in [6.07, 6.45) is 0. The molecule has 0 spiro atoms. The standard InChI is InChI=1S/C13H13Cl2NS/c1-8-4-3-5-9(12(8)15)13(16-2)10-6-7-11(14)17-10/h3-7,13,16H,1-2H3. The molecule has 0 aliphatic rings. The zero-order chi connectivity index (χ0) is 12.4. The third-order valence-electron chi connectivity index (χ3n) is 2.70. The second kappa shape index (κ2) is 5.40. The number of nitrogens with one attached hydrogen (secondary N) is 1. The van der Waals surface area contributed by atoms with E-state index in [2.05, 4.69) is 5.32 Å². The molecule has 2 rings (SSSR count). The summed E-state index contributed by atoms with van der Waals surface area (Å²) in [5.74, 6) is 0. The Bertz CT molecular complexity index is 522. The van der Waals surface area contributed by atoms with Crippen molar-refractivity contribution < 1.29 is 0 Å². The molecule has 0 fully saturated rings. The van der Waals surface area contributed by atoms with Crippen LogP contribution in [-0.4, -0.2) is 7.05 Å². The molecule has 0 amide bonds. The molecule has 0 saturated heterocycles. The molecule has 4 heteroatoms. The van der Waals surface area contributed by atoms with Crippen molar-refractivity contribution in [1.82, 2.24) is 5.32 Å². The lowest BCUT2D eigenvalue weighted by Gasteiger charge is -2.17. The SMILES string of the molecule is CNC(c1ccc(Cl)s1)c1cccc(C)c1Cl.